The van der Waals surface area contributed by atoms with E-state index in [9.17, 15) is 4.79 Å². The van der Waals surface area contributed by atoms with Crippen molar-refractivity contribution in [3.05, 3.63) is 45.4 Å². The van der Waals surface area contributed by atoms with E-state index in [-0.39, 0.29) is 5.91 Å². The molecule has 2 aromatic rings. The van der Waals surface area contributed by atoms with Crippen molar-refractivity contribution in [1.82, 2.24) is 15.2 Å². The van der Waals surface area contributed by atoms with Crippen LogP contribution in [0.5, 0.6) is 11.5 Å². The molecular weight excluding hydrogens is 535 g/mol. The maximum atomic E-state index is 12.7. The first-order chi connectivity index (χ1) is 18.5. The molecule has 0 spiro atoms. The number of hydrogen-bond donors (Lipinski definition) is 1. The molecule has 0 unspecified atom stereocenters. The molecule has 0 bridgehead atoms. The number of rotatable bonds is 13. The number of carbonyl (C=O) groups excluding carboxylic acids is 1. The lowest BCUT2D eigenvalue weighted by Gasteiger charge is -2.18. The summed E-state index contributed by atoms with van der Waals surface area (Å²) in [6.07, 6.45) is 0. The van der Waals surface area contributed by atoms with Gasteiger partial charge in [0.1, 0.15) is 24.7 Å². The van der Waals surface area contributed by atoms with E-state index in [4.69, 9.17) is 32.7 Å². The highest BCUT2D eigenvalue weighted by molar-refractivity contribution is 6.35. The van der Waals surface area contributed by atoms with Gasteiger partial charge in [-0.3, -0.25) is 4.79 Å². The van der Waals surface area contributed by atoms with Crippen molar-refractivity contribution in [2.75, 3.05) is 52.5 Å². The Balaban J connectivity index is 1.98. The van der Waals surface area contributed by atoms with Crippen molar-refractivity contribution >= 4 is 34.8 Å². The van der Waals surface area contributed by atoms with Crippen molar-refractivity contribution in [3.63, 3.8) is 0 Å². The Morgan fingerprint density at radius 3 is 1.54 bits per heavy atom. The van der Waals surface area contributed by atoms with Crippen LogP contribution in [0.3, 0.4) is 0 Å². The minimum Gasteiger partial charge on any atom is -0.491 e. The smallest absolute Gasteiger partial charge is 0.245 e. The van der Waals surface area contributed by atoms with Gasteiger partial charge in [0.25, 0.3) is 0 Å². The van der Waals surface area contributed by atoms with E-state index >= 15 is 0 Å². The van der Waals surface area contributed by atoms with Crippen LogP contribution in [0, 0.1) is 5.41 Å². The van der Waals surface area contributed by atoms with E-state index in [1.807, 2.05) is 45.0 Å². The molecule has 0 saturated carbocycles. The second kappa shape index (κ2) is 13.8. The lowest BCUT2D eigenvalue weighted by atomic mass is 9.96. The molecule has 0 heterocycles. The summed E-state index contributed by atoms with van der Waals surface area (Å²) in [6.45, 7) is 20.5. The zero-order chi connectivity index (χ0) is 28.7. The first-order valence-corrected chi connectivity index (χ1v) is 14.6. The van der Waals surface area contributed by atoms with Crippen LogP contribution in [-0.4, -0.2) is 73.9 Å². The highest BCUT2D eigenvalue weighted by atomic mass is 35.5. The standard InChI is InChI=1S/C30H42Cl2N4O3/c1-8-35(9-2)12-14-38-26-18-22-20(16-24(26)31)21-17-25(32)27(39-15-13-36(10-3)11-4)19-23(21)28(22)33-34-29(37)30(5,6)7/h16-19H,8-15H2,1-7H3,(H,34,37). The lowest BCUT2D eigenvalue weighted by molar-refractivity contribution is -0.128. The van der Waals surface area contributed by atoms with E-state index < -0.39 is 5.41 Å². The van der Waals surface area contributed by atoms with E-state index in [1.54, 1.807) is 0 Å². The minimum absolute atomic E-state index is 0.181. The van der Waals surface area contributed by atoms with Crippen molar-refractivity contribution in [2.45, 2.75) is 48.5 Å². The van der Waals surface area contributed by atoms with Crippen molar-refractivity contribution in [3.8, 4) is 22.6 Å². The summed E-state index contributed by atoms with van der Waals surface area (Å²) in [7, 11) is 0. The SMILES string of the molecule is CCN(CC)CCOc1cc2c(cc1Cl)-c1cc(Cl)c(OCCN(CC)CC)cc1C2=NNC(=O)C(C)(C)C. The second-order valence-electron chi connectivity index (χ2n) is 10.6. The van der Waals surface area contributed by atoms with Crippen LogP contribution in [0.4, 0.5) is 0 Å². The van der Waals surface area contributed by atoms with E-state index in [0.717, 1.165) is 61.5 Å². The molecule has 0 aliphatic heterocycles. The first-order valence-electron chi connectivity index (χ1n) is 13.8. The minimum atomic E-state index is -0.592. The number of nitrogens with one attached hydrogen (secondary N) is 1. The predicted octanol–water partition coefficient (Wildman–Crippen LogP) is 6.33. The summed E-state index contributed by atoms with van der Waals surface area (Å²) < 4.78 is 12.2. The molecule has 0 fully saturated rings. The Kier molecular flexibility index (Phi) is 11.1. The Hall–Kier alpha value is -2.32. The Morgan fingerprint density at radius 2 is 1.18 bits per heavy atom. The largest absolute Gasteiger partial charge is 0.491 e. The molecule has 39 heavy (non-hydrogen) atoms. The highest BCUT2D eigenvalue weighted by Crippen LogP contribution is 2.45. The van der Waals surface area contributed by atoms with Gasteiger partial charge in [0, 0.05) is 29.6 Å². The summed E-state index contributed by atoms with van der Waals surface area (Å²) in [6, 6.07) is 7.56. The summed E-state index contributed by atoms with van der Waals surface area (Å²) in [5.74, 6) is 0.971. The van der Waals surface area contributed by atoms with Gasteiger partial charge in [-0.05, 0) is 61.6 Å². The molecule has 3 rings (SSSR count). The highest BCUT2D eigenvalue weighted by Gasteiger charge is 2.30. The Morgan fingerprint density at radius 1 is 0.769 bits per heavy atom. The van der Waals surface area contributed by atoms with Crippen LogP contribution in [0.2, 0.25) is 10.0 Å². The molecule has 1 amide bonds. The average molecular weight is 578 g/mol. The van der Waals surface area contributed by atoms with Crippen LogP contribution >= 0.6 is 23.2 Å². The summed E-state index contributed by atoms with van der Waals surface area (Å²) in [5.41, 5.74) is 6.17. The molecule has 2 aromatic carbocycles. The monoisotopic (exact) mass is 576 g/mol. The molecule has 7 nitrogen and oxygen atoms in total. The first kappa shape index (κ1) is 31.2. The van der Waals surface area contributed by atoms with Gasteiger partial charge >= 0.3 is 0 Å². The third-order valence-electron chi connectivity index (χ3n) is 7.01. The fourth-order valence-electron chi connectivity index (χ4n) is 4.35. The number of hydrogen-bond acceptors (Lipinski definition) is 6. The van der Waals surface area contributed by atoms with Gasteiger partial charge in [0.15, 0.2) is 0 Å². The fourth-order valence-corrected chi connectivity index (χ4v) is 4.79. The van der Waals surface area contributed by atoms with E-state index in [2.05, 4.69) is 48.0 Å². The number of ether oxygens (including phenoxy) is 2. The van der Waals surface area contributed by atoms with Gasteiger partial charge in [-0.1, -0.05) is 71.7 Å². The number of hydrazone groups is 1. The number of amides is 1. The van der Waals surface area contributed by atoms with E-state index in [1.165, 1.54) is 0 Å². The normalized spacial score (nSPS) is 12.5. The zero-order valence-electron chi connectivity index (χ0n) is 24.3. The summed E-state index contributed by atoms with van der Waals surface area (Å²) in [4.78, 5) is 17.3. The Bertz CT molecular complexity index is 1110. The Labute approximate surface area is 243 Å². The van der Waals surface area contributed by atoms with Gasteiger partial charge in [-0.2, -0.15) is 5.10 Å². The predicted molar refractivity (Wildman–Crippen MR) is 162 cm³/mol. The van der Waals surface area contributed by atoms with Crippen LogP contribution in [0.25, 0.3) is 11.1 Å². The molecule has 9 heteroatoms. The molecule has 1 N–H and O–H groups in total. The third kappa shape index (κ3) is 7.66. The van der Waals surface area contributed by atoms with Gasteiger partial charge in [0.05, 0.1) is 15.8 Å². The summed E-state index contributed by atoms with van der Waals surface area (Å²) in [5, 5.41) is 5.61. The van der Waals surface area contributed by atoms with Crippen LogP contribution in [-0.2, 0) is 4.79 Å². The molecule has 0 aromatic heterocycles. The van der Waals surface area contributed by atoms with E-state index in [0.29, 0.717) is 40.5 Å². The van der Waals surface area contributed by atoms with Gasteiger partial charge in [-0.15, -0.1) is 0 Å². The number of nitrogens with zero attached hydrogens (tertiary/aromatic N) is 3. The summed E-state index contributed by atoms with van der Waals surface area (Å²) >= 11 is 13.4. The second-order valence-corrected chi connectivity index (χ2v) is 11.4. The molecule has 1 aliphatic carbocycles. The van der Waals surface area contributed by atoms with Crippen LogP contribution in [0.15, 0.2) is 29.4 Å². The van der Waals surface area contributed by atoms with Crippen molar-refractivity contribution < 1.29 is 14.3 Å². The van der Waals surface area contributed by atoms with Crippen molar-refractivity contribution in [2.24, 2.45) is 10.5 Å². The number of fused-ring (bicyclic) bond motifs is 3. The average Bonchev–Trinajstić information content (AvgIpc) is 3.18. The molecular formula is C30H42Cl2N4O3. The third-order valence-corrected chi connectivity index (χ3v) is 7.60. The maximum Gasteiger partial charge on any atom is 0.245 e. The molecule has 0 atom stereocenters. The van der Waals surface area contributed by atoms with Gasteiger partial charge in [0.2, 0.25) is 5.91 Å². The number of benzene rings is 2. The zero-order valence-corrected chi connectivity index (χ0v) is 25.8. The number of likely N-dealkylation sites (N-methyl/N-ethyl adjacent to an activating group) is 2. The topological polar surface area (TPSA) is 66.4 Å². The fraction of sp³-hybridized carbons (Fsp3) is 0.533. The quantitative estimate of drug-likeness (QED) is 0.241. The van der Waals surface area contributed by atoms with Gasteiger partial charge in [-0.25, -0.2) is 5.43 Å². The van der Waals surface area contributed by atoms with Crippen LogP contribution < -0.4 is 14.9 Å². The molecule has 214 valence electrons. The van der Waals surface area contributed by atoms with Gasteiger partial charge < -0.3 is 19.3 Å². The lowest BCUT2D eigenvalue weighted by Crippen LogP contribution is -2.32. The molecule has 1 aliphatic rings. The maximum absolute atomic E-state index is 12.7. The van der Waals surface area contributed by atoms with Crippen LogP contribution in [0.1, 0.15) is 59.6 Å². The molecule has 0 radical (unpaired) electrons. The number of halogens is 2. The number of carbonyl (C=O) groups is 1. The van der Waals surface area contributed by atoms with Crippen molar-refractivity contribution in [1.29, 1.82) is 0 Å². The molecule has 0 saturated heterocycles.